The third kappa shape index (κ3) is 6.09. The van der Waals surface area contributed by atoms with E-state index in [-0.39, 0.29) is 34.9 Å². The molecule has 1 saturated heterocycles. The fourth-order valence-electron chi connectivity index (χ4n) is 4.75. The fraction of sp³-hybridized carbons (Fsp3) is 0.560. The number of aliphatic hydroxyl groups is 1. The largest absolute Gasteiger partial charge is 0.472 e. The van der Waals surface area contributed by atoms with Crippen molar-refractivity contribution >= 4 is 33.3 Å². The van der Waals surface area contributed by atoms with Gasteiger partial charge in [0.1, 0.15) is 17.7 Å². The van der Waals surface area contributed by atoms with Crippen LogP contribution in [-0.4, -0.2) is 67.8 Å². The number of pyridine rings is 2. The van der Waals surface area contributed by atoms with Gasteiger partial charge in [-0.3, -0.25) is 9.52 Å². The Morgan fingerprint density at radius 2 is 1.95 bits per heavy atom. The van der Waals surface area contributed by atoms with Gasteiger partial charge in [0, 0.05) is 25.4 Å². The molecule has 13 heteroatoms. The van der Waals surface area contributed by atoms with Crippen molar-refractivity contribution in [2.45, 2.75) is 51.0 Å². The summed E-state index contributed by atoms with van der Waals surface area (Å²) < 4.78 is 50.4. The Bertz CT molecular complexity index is 1280. The predicted molar refractivity (Wildman–Crippen MR) is 139 cm³/mol. The normalized spacial score (nSPS) is 18.5. The molecule has 3 N–H and O–H groups in total. The first kappa shape index (κ1) is 26.4. The van der Waals surface area contributed by atoms with Crippen molar-refractivity contribution in [3.05, 3.63) is 30.0 Å². The lowest BCUT2D eigenvalue weighted by Gasteiger charge is -2.35. The number of alkyl halides is 1. The summed E-state index contributed by atoms with van der Waals surface area (Å²) >= 11 is 0. The molecule has 0 bridgehead atoms. The van der Waals surface area contributed by atoms with Crippen molar-refractivity contribution in [3.8, 4) is 11.6 Å². The number of halogens is 1. The Balaban J connectivity index is 1.39. The number of hydrogen-bond donors (Lipinski definition) is 3. The Kier molecular flexibility index (Phi) is 7.57. The van der Waals surface area contributed by atoms with Gasteiger partial charge in [0.05, 0.1) is 23.6 Å². The summed E-state index contributed by atoms with van der Waals surface area (Å²) in [7, 11) is -3.79. The third-order valence-corrected chi connectivity index (χ3v) is 8.72. The van der Waals surface area contributed by atoms with Crippen LogP contribution in [-0.2, 0) is 10.0 Å². The Labute approximate surface area is 220 Å². The number of hydrogen-bond acceptors (Lipinski definition) is 9. The number of anilines is 3. The molecule has 2 aromatic heterocycles. The molecular weight excluding hydrogens is 517 g/mol. The molecule has 0 aromatic carbocycles. The minimum Gasteiger partial charge on any atom is -0.472 e. The van der Waals surface area contributed by atoms with Gasteiger partial charge in [-0.05, 0) is 62.5 Å². The molecule has 3 heterocycles. The van der Waals surface area contributed by atoms with Gasteiger partial charge in [0.25, 0.3) is 11.8 Å². The second-order valence-electron chi connectivity index (χ2n) is 10.1. The highest BCUT2D eigenvalue weighted by atomic mass is 32.2. The SMILES string of the molecule is O=C(Nc1ccc(OCF)c(OC2CCC2)n1)c1cnc(NS(=O)(=O)CCO)cc1N1CCC2(CC1)CC2. The number of carbonyl (C=O) groups is 1. The molecule has 1 amide bonds. The van der Waals surface area contributed by atoms with Crippen molar-refractivity contribution in [2.75, 3.05) is 47.2 Å². The third-order valence-electron chi connectivity index (χ3n) is 7.48. The van der Waals surface area contributed by atoms with Crippen molar-refractivity contribution in [2.24, 2.45) is 5.41 Å². The summed E-state index contributed by atoms with van der Waals surface area (Å²) in [6.45, 7) is -0.0828. The van der Waals surface area contributed by atoms with E-state index in [0.717, 1.165) is 45.2 Å². The van der Waals surface area contributed by atoms with Crippen LogP contribution in [0.1, 0.15) is 55.3 Å². The van der Waals surface area contributed by atoms with E-state index in [1.807, 2.05) is 0 Å². The Hall–Kier alpha value is -3.19. The highest BCUT2D eigenvalue weighted by Crippen LogP contribution is 2.54. The fourth-order valence-corrected chi connectivity index (χ4v) is 5.52. The van der Waals surface area contributed by atoms with E-state index in [1.165, 1.54) is 31.2 Å². The number of carbonyl (C=O) groups excluding carboxylic acids is 1. The average molecular weight is 550 g/mol. The van der Waals surface area contributed by atoms with E-state index in [1.54, 1.807) is 6.07 Å². The molecule has 2 saturated carbocycles. The van der Waals surface area contributed by atoms with E-state index in [4.69, 9.17) is 14.6 Å². The van der Waals surface area contributed by atoms with Crippen LogP contribution in [0.3, 0.4) is 0 Å². The number of aliphatic hydroxyl groups excluding tert-OH is 1. The first-order valence-corrected chi connectivity index (χ1v) is 14.5. The first-order valence-electron chi connectivity index (χ1n) is 12.8. The number of aromatic nitrogens is 2. The second kappa shape index (κ2) is 10.9. The highest BCUT2D eigenvalue weighted by molar-refractivity contribution is 7.92. The lowest BCUT2D eigenvalue weighted by atomic mass is 9.93. The Morgan fingerprint density at radius 3 is 2.58 bits per heavy atom. The molecule has 206 valence electrons. The molecule has 0 radical (unpaired) electrons. The maximum atomic E-state index is 13.4. The minimum absolute atomic E-state index is 0.0257. The number of rotatable bonds is 11. The zero-order chi connectivity index (χ0) is 26.8. The highest BCUT2D eigenvalue weighted by Gasteiger charge is 2.44. The smallest absolute Gasteiger partial charge is 0.260 e. The zero-order valence-electron chi connectivity index (χ0n) is 21.0. The molecule has 3 fully saturated rings. The van der Waals surface area contributed by atoms with Crippen LogP contribution in [0.4, 0.5) is 21.7 Å². The molecule has 38 heavy (non-hydrogen) atoms. The summed E-state index contributed by atoms with van der Waals surface area (Å²) in [5.74, 6) is -0.407. The van der Waals surface area contributed by atoms with E-state index in [0.29, 0.717) is 11.1 Å². The topological polar surface area (TPSA) is 143 Å². The Morgan fingerprint density at radius 1 is 1.18 bits per heavy atom. The molecule has 0 unspecified atom stereocenters. The number of amides is 1. The minimum atomic E-state index is -3.79. The van der Waals surface area contributed by atoms with Gasteiger partial charge in [0.15, 0.2) is 5.75 Å². The van der Waals surface area contributed by atoms with E-state index < -0.39 is 35.2 Å². The van der Waals surface area contributed by atoms with E-state index >= 15 is 0 Å². The van der Waals surface area contributed by atoms with Crippen LogP contribution in [0.25, 0.3) is 0 Å². The van der Waals surface area contributed by atoms with Gasteiger partial charge in [-0.1, -0.05) is 0 Å². The molecule has 2 aliphatic carbocycles. The summed E-state index contributed by atoms with van der Waals surface area (Å²) in [6.07, 6.45) is 8.52. The van der Waals surface area contributed by atoms with E-state index in [2.05, 4.69) is 24.9 Å². The summed E-state index contributed by atoms with van der Waals surface area (Å²) in [5, 5.41) is 11.8. The van der Waals surface area contributed by atoms with Crippen LogP contribution in [0.15, 0.2) is 24.4 Å². The molecule has 0 atom stereocenters. The molecule has 3 aliphatic rings. The standard InChI is InChI=1S/C25H32FN5O6S/c26-16-36-20-4-5-21(29-24(20)37-17-2-1-3-17)28-23(33)18-15-27-22(30-38(34,35)13-12-32)14-19(18)31-10-8-25(6-7-25)9-11-31/h4-5,14-15,17,32H,1-3,6-13,16H2,(H,27,30)(H,28,29,33). The van der Waals surface area contributed by atoms with Gasteiger partial charge in [0.2, 0.25) is 16.9 Å². The summed E-state index contributed by atoms with van der Waals surface area (Å²) in [4.78, 5) is 24.0. The first-order chi connectivity index (χ1) is 18.3. The number of nitrogens with zero attached hydrogens (tertiary/aromatic N) is 3. The lowest BCUT2D eigenvalue weighted by Crippen LogP contribution is -2.36. The number of sulfonamides is 1. The summed E-state index contributed by atoms with van der Waals surface area (Å²) in [5.41, 5.74) is 1.22. The van der Waals surface area contributed by atoms with Gasteiger partial charge in [-0.25, -0.2) is 17.8 Å². The zero-order valence-corrected chi connectivity index (χ0v) is 21.8. The average Bonchev–Trinajstić information content (AvgIpc) is 3.61. The summed E-state index contributed by atoms with van der Waals surface area (Å²) in [6, 6.07) is 4.54. The maximum Gasteiger partial charge on any atom is 0.260 e. The van der Waals surface area contributed by atoms with Crippen molar-refractivity contribution in [3.63, 3.8) is 0 Å². The number of ether oxygens (including phenoxy) is 2. The monoisotopic (exact) mass is 549 g/mol. The van der Waals surface area contributed by atoms with Crippen molar-refractivity contribution < 1.29 is 32.2 Å². The van der Waals surface area contributed by atoms with Crippen LogP contribution >= 0.6 is 0 Å². The lowest BCUT2D eigenvalue weighted by molar-refractivity contribution is 0.101. The van der Waals surface area contributed by atoms with Gasteiger partial charge >= 0.3 is 0 Å². The second-order valence-corrected chi connectivity index (χ2v) is 11.9. The van der Waals surface area contributed by atoms with Crippen LogP contribution in [0, 0.1) is 5.41 Å². The van der Waals surface area contributed by atoms with Gasteiger partial charge in [-0.2, -0.15) is 4.98 Å². The van der Waals surface area contributed by atoms with Crippen LogP contribution in [0.2, 0.25) is 0 Å². The molecule has 5 rings (SSSR count). The number of piperidine rings is 1. The predicted octanol–water partition coefficient (Wildman–Crippen LogP) is 3.08. The van der Waals surface area contributed by atoms with Gasteiger partial charge in [-0.15, -0.1) is 0 Å². The quantitative estimate of drug-likeness (QED) is 0.385. The van der Waals surface area contributed by atoms with Crippen molar-refractivity contribution in [1.82, 2.24) is 9.97 Å². The molecule has 1 spiro atoms. The van der Waals surface area contributed by atoms with Gasteiger partial charge < -0.3 is 24.8 Å². The number of nitrogens with one attached hydrogen (secondary N) is 2. The maximum absolute atomic E-state index is 13.4. The molecule has 11 nitrogen and oxygen atoms in total. The molecular formula is C25H32FN5O6S. The molecule has 1 aliphatic heterocycles. The van der Waals surface area contributed by atoms with E-state index in [9.17, 15) is 17.6 Å². The van der Waals surface area contributed by atoms with Crippen LogP contribution in [0.5, 0.6) is 11.6 Å². The van der Waals surface area contributed by atoms with Crippen molar-refractivity contribution in [1.29, 1.82) is 0 Å². The van der Waals surface area contributed by atoms with Crippen LogP contribution < -0.4 is 24.4 Å². The molecule has 2 aromatic rings.